The largest absolute Gasteiger partial charge is 0.342 e. The van der Waals surface area contributed by atoms with E-state index >= 15 is 0 Å². The number of carbonyl (C=O) groups is 3. The first kappa shape index (κ1) is 14.7. The second-order valence-electron chi connectivity index (χ2n) is 3.90. The lowest BCUT2D eigenvalue weighted by atomic mass is 10.3. The number of hydrogen-bond donors (Lipinski definition) is 3. The van der Waals surface area contributed by atoms with E-state index < -0.39 is 11.8 Å². The minimum atomic E-state index is -0.526. The van der Waals surface area contributed by atoms with Gasteiger partial charge in [0.15, 0.2) is 0 Å². The van der Waals surface area contributed by atoms with Crippen molar-refractivity contribution >= 4 is 29.1 Å². The molecule has 0 unspecified atom stereocenters. The second-order valence-corrected chi connectivity index (χ2v) is 4.85. The number of hydrogen-bond acceptors (Lipinski definition) is 5. The zero-order valence-corrected chi connectivity index (χ0v) is 11.6. The van der Waals surface area contributed by atoms with Crippen LogP contribution in [-0.4, -0.2) is 29.3 Å². The Morgan fingerprint density at radius 3 is 2.48 bits per heavy atom. The number of hydrazine groups is 1. The van der Waals surface area contributed by atoms with E-state index in [2.05, 4.69) is 21.2 Å². The summed E-state index contributed by atoms with van der Waals surface area (Å²) in [7, 11) is 0. The topological polar surface area (TPSA) is 100 Å². The van der Waals surface area contributed by atoms with E-state index in [0.717, 1.165) is 0 Å². The molecule has 108 valence electrons. The van der Waals surface area contributed by atoms with Crippen LogP contribution in [0.1, 0.15) is 20.0 Å². The number of aromatic nitrogens is 1. The molecule has 2 aromatic heterocycles. The lowest BCUT2D eigenvalue weighted by molar-refractivity contribution is -0.120. The zero-order valence-electron chi connectivity index (χ0n) is 10.8. The quantitative estimate of drug-likeness (QED) is 0.709. The highest BCUT2D eigenvalue weighted by molar-refractivity contribution is 7.12. The first-order chi connectivity index (χ1) is 10.2. The monoisotopic (exact) mass is 304 g/mol. The van der Waals surface area contributed by atoms with Crippen molar-refractivity contribution in [2.24, 2.45) is 0 Å². The summed E-state index contributed by atoms with van der Waals surface area (Å²) in [6.45, 7) is -0.229. The van der Waals surface area contributed by atoms with Gasteiger partial charge in [-0.25, -0.2) is 0 Å². The van der Waals surface area contributed by atoms with Crippen LogP contribution in [0.25, 0.3) is 0 Å². The van der Waals surface area contributed by atoms with Gasteiger partial charge in [-0.3, -0.25) is 30.2 Å². The van der Waals surface area contributed by atoms with E-state index in [1.54, 1.807) is 17.5 Å². The van der Waals surface area contributed by atoms with Crippen molar-refractivity contribution < 1.29 is 14.4 Å². The van der Waals surface area contributed by atoms with E-state index in [4.69, 9.17) is 0 Å². The molecule has 2 aromatic rings. The molecule has 2 heterocycles. The van der Waals surface area contributed by atoms with Crippen molar-refractivity contribution in [1.82, 2.24) is 21.2 Å². The van der Waals surface area contributed by atoms with E-state index in [0.29, 0.717) is 10.4 Å². The molecule has 21 heavy (non-hydrogen) atoms. The van der Waals surface area contributed by atoms with Gasteiger partial charge in [-0.05, 0) is 23.6 Å². The summed E-state index contributed by atoms with van der Waals surface area (Å²) in [4.78, 5) is 39.0. The Morgan fingerprint density at radius 1 is 1.05 bits per heavy atom. The van der Waals surface area contributed by atoms with Crippen molar-refractivity contribution in [1.29, 1.82) is 0 Å². The van der Waals surface area contributed by atoms with Crippen LogP contribution in [0.2, 0.25) is 0 Å². The summed E-state index contributed by atoms with van der Waals surface area (Å²) in [6.07, 6.45) is 2.94. The first-order valence-corrected chi connectivity index (χ1v) is 6.85. The van der Waals surface area contributed by atoms with Gasteiger partial charge < -0.3 is 5.32 Å². The highest BCUT2D eigenvalue weighted by Crippen LogP contribution is 2.07. The van der Waals surface area contributed by atoms with Crippen LogP contribution in [-0.2, 0) is 4.79 Å². The third-order valence-electron chi connectivity index (χ3n) is 2.41. The van der Waals surface area contributed by atoms with Gasteiger partial charge >= 0.3 is 0 Å². The van der Waals surface area contributed by atoms with Crippen LogP contribution in [0.15, 0.2) is 42.0 Å². The Bertz CT molecular complexity index is 628. The normalized spacial score (nSPS) is 9.71. The van der Waals surface area contributed by atoms with Gasteiger partial charge in [0, 0.05) is 18.0 Å². The van der Waals surface area contributed by atoms with Gasteiger partial charge in [-0.1, -0.05) is 6.07 Å². The number of carbonyl (C=O) groups excluding carboxylic acids is 3. The third-order valence-corrected chi connectivity index (χ3v) is 3.28. The van der Waals surface area contributed by atoms with Crippen molar-refractivity contribution in [3.8, 4) is 0 Å². The van der Waals surface area contributed by atoms with Crippen LogP contribution in [0, 0.1) is 0 Å². The fourth-order valence-electron chi connectivity index (χ4n) is 1.40. The van der Waals surface area contributed by atoms with Gasteiger partial charge in [-0.15, -0.1) is 11.3 Å². The molecule has 0 aliphatic carbocycles. The van der Waals surface area contributed by atoms with E-state index in [1.165, 1.54) is 35.9 Å². The van der Waals surface area contributed by atoms with Gasteiger partial charge in [0.1, 0.15) is 0 Å². The molecule has 3 amide bonds. The second kappa shape index (κ2) is 7.15. The Hall–Kier alpha value is -2.74. The zero-order chi connectivity index (χ0) is 15.1. The Balaban J connectivity index is 1.73. The Kier molecular flexibility index (Phi) is 4.99. The van der Waals surface area contributed by atoms with Crippen LogP contribution < -0.4 is 16.2 Å². The molecule has 0 saturated carbocycles. The molecule has 0 fully saturated rings. The standard InChI is InChI=1S/C13H12N4O3S/c18-11(8-15-13(20)10-2-1-7-21-10)16-17-12(19)9-3-5-14-6-4-9/h1-7H,8H2,(H,15,20)(H,16,18)(H,17,19). The minimum Gasteiger partial charge on any atom is -0.342 e. The minimum absolute atomic E-state index is 0.229. The summed E-state index contributed by atoms with van der Waals surface area (Å²) < 4.78 is 0. The van der Waals surface area contributed by atoms with Crippen molar-refractivity contribution in [3.63, 3.8) is 0 Å². The highest BCUT2D eigenvalue weighted by Gasteiger charge is 2.10. The van der Waals surface area contributed by atoms with Crippen molar-refractivity contribution in [2.75, 3.05) is 6.54 Å². The van der Waals surface area contributed by atoms with Crippen LogP contribution in [0.3, 0.4) is 0 Å². The molecule has 7 nitrogen and oxygen atoms in total. The third kappa shape index (κ3) is 4.39. The fourth-order valence-corrected chi connectivity index (χ4v) is 2.04. The lowest BCUT2D eigenvalue weighted by Crippen LogP contribution is -2.46. The van der Waals surface area contributed by atoms with Crippen LogP contribution in [0.5, 0.6) is 0 Å². The molecule has 0 spiro atoms. The molecule has 0 aliphatic heterocycles. The van der Waals surface area contributed by atoms with Gasteiger partial charge in [0.2, 0.25) is 0 Å². The summed E-state index contributed by atoms with van der Waals surface area (Å²) in [6, 6.07) is 6.43. The van der Waals surface area contributed by atoms with Crippen LogP contribution in [0.4, 0.5) is 0 Å². The predicted octanol–water partition coefficient (Wildman–Crippen LogP) is 0.334. The Labute approximate surface area is 124 Å². The SMILES string of the molecule is O=C(CNC(=O)c1cccs1)NNC(=O)c1ccncc1. The summed E-state index contributed by atoms with van der Waals surface area (Å²) in [5, 5.41) is 4.21. The molecule has 0 aromatic carbocycles. The molecule has 0 atom stereocenters. The summed E-state index contributed by atoms with van der Waals surface area (Å²) >= 11 is 1.28. The average Bonchev–Trinajstić information content (AvgIpc) is 3.05. The van der Waals surface area contributed by atoms with Crippen LogP contribution >= 0.6 is 11.3 Å². The molecule has 2 rings (SSSR count). The van der Waals surface area contributed by atoms with Gasteiger partial charge in [0.05, 0.1) is 11.4 Å². The van der Waals surface area contributed by atoms with Gasteiger partial charge in [0.25, 0.3) is 17.7 Å². The maximum Gasteiger partial charge on any atom is 0.269 e. The summed E-state index contributed by atoms with van der Waals surface area (Å²) in [5.41, 5.74) is 4.82. The molecular formula is C13H12N4O3S. The lowest BCUT2D eigenvalue weighted by Gasteiger charge is -2.07. The number of amides is 3. The first-order valence-electron chi connectivity index (χ1n) is 5.98. The number of nitrogens with one attached hydrogen (secondary N) is 3. The molecule has 3 N–H and O–H groups in total. The molecule has 0 saturated heterocycles. The van der Waals surface area contributed by atoms with E-state index in [-0.39, 0.29) is 12.5 Å². The Morgan fingerprint density at radius 2 is 1.81 bits per heavy atom. The summed E-state index contributed by atoms with van der Waals surface area (Å²) in [5.74, 6) is -1.32. The number of pyridine rings is 1. The highest BCUT2D eigenvalue weighted by atomic mass is 32.1. The number of thiophene rings is 1. The number of nitrogens with zero attached hydrogens (tertiary/aromatic N) is 1. The average molecular weight is 304 g/mol. The molecule has 0 aliphatic rings. The predicted molar refractivity (Wildman–Crippen MR) is 76.5 cm³/mol. The van der Waals surface area contributed by atoms with E-state index in [1.807, 2.05) is 0 Å². The number of rotatable bonds is 4. The molecule has 0 bridgehead atoms. The van der Waals surface area contributed by atoms with Crippen molar-refractivity contribution in [3.05, 3.63) is 52.5 Å². The maximum absolute atomic E-state index is 11.6. The van der Waals surface area contributed by atoms with E-state index in [9.17, 15) is 14.4 Å². The fraction of sp³-hybridized carbons (Fsp3) is 0.0769. The molecule has 8 heteroatoms. The van der Waals surface area contributed by atoms with Gasteiger partial charge in [-0.2, -0.15) is 0 Å². The van der Waals surface area contributed by atoms with Crippen molar-refractivity contribution in [2.45, 2.75) is 0 Å². The molecular weight excluding hydrogens is 292 g/mol. The smallest absolute Gasteiger partial charge is 0.269 e. The molecule has 0 radical (unpaired) electrons. The maximum atomic E-state index is 11.6.